The molecule has 33 heavy (non-hydrogen) atoms. The highest BCUT2D eigenvalue weighted by Gasteiger charge is 2.24. The first-order chi connectivity index (χ1) is 16.2. The van der Waals surface area contributed by atoms with Gasteiger partial charge in [-0.1, -0.05) is 48.5 Å². The number of amides is 1. The maximum Gasteiger partial charge on any atom is 0.225 e. The number of likely N-dealkylation sites (tertiary alicyclic amines) is 1. The van der Waals surface area contributed by atoms with Crippen molar-refractivity contribution in [3.63, 3.8) is 0 Å². The summed E-state index contributed by atoms with van der Waals surface area (Å²) in [6.07, 6.45) is 7.31. The van der Waals surface area contributed by atoms with Gasteiger partial charge in [0, 0.05) is 56.3 Å². The van der Waals surface area contributed by atoms with Crippen molar-refractivity contribution in [3.8, 4) is 0 Å². The molecule has 3 heterocycles. The Morgan fingerprint density at radius 3 is 2.61 bits per heavy atom. The highest BCUT2D eigenvalue weighted by molar-refractivity contribution is 5.90. The van der Waals surface area contributed by atoms with Crippen molar-refractivity contribution in [2.45, 2.75) is 38.3 Å². The van der Waals surface area contributed by atoms with Gasteiger partial charge in [-0.3, -0.25) is 9.69 Å². The molecule has 0 saturated carbocycles. The Hall–Kier alpha value is -3.38. The molecular weight excluding hydrogens is 410 g/mol. The molecule has 6 heteroatoms. The third kappa shape index (κ3) is 4.86. The standard InChI is InChI=1S/C27H31N5O/c1-30-19-22(24-9-5-6-10-25(24)30)20-31-17-14-23(15-18-31)32-26(13-16-28-32)29-27(33)12-11-21-7-3-2-4-8-21/h2-10,13,16,19,23H,11-12,14-15,17-18,20H2,1H3,(H,29,33). The maximum absolute atomic E-state index is 12.5. The van der Waals surface area contributed by atoms with E-state index in [0.717, 1.165) is 44.7 Å². The van der Waals surface area contributed by atoms with E-state index in [2.05, 4.69) is 69.5 Å². The second-order valence-corrected chi connectivity index (χ2v) is 8.98. The zero-order valence-corrected chi connectivity index (χ0v) is 19.2. The molecule has 0 radical (unpaired) electrons. The third-order valence-corrected chi connectivity index (χ3v) is 6.70. The van der Waals surface area contributed by atoms with E-state index in [1.807, 2.05) is 28.9 Å². The van der Waals surface area contributed by atoms with Crippen LogP contribution in [-0.4, -0.2) is 38.2 Å². The number of piperidine rings is 1. The lowest BCUT2D eigenvalue weighted by Crippen LogP contribution is -2.35. The van der Waals surface area contributed by atoms with Gasteiger partial charge in [-0.05, 0) is 36.5 Å². The van der Waals surface area contributed by atoms with E-state index in [9.17, 15) is 4.79 Å². The van der Waals surface area contributed by atoms with Crippen molar-refractivity contribution < 1.29 is 4.79 Å². The van der Waals surface area contributed by atoms with Crippen LogP contribution in [0.25, 0.3) is 10.9 Å². The molecule has 2 aromatic carbocycles. The minimum absolute atomic E-state index is 0.0361. The minimum Gasteiger partial charge on any atom is -0.350 e. The molecule has 1 aliphatic rings. The van der Waals surface area contributed by atoms with E-state index >= 15 is 0 Å². The molecule has 1 saturated heterocycles. The Morgan fingerprint density at radius 1 is 1.03 bits per heavy atom. The van der Waals surface area contributed by atoms with Gasteiger partial charge in [0.05, 0.1) is 12.2 Å². The molecule has 0 spiro atoms. The first-order valence-corrected chi connectivity index (χ1v) is 11.8. The fourth-order valence-corrected chi connectivity index (χ4v) is 4.93. The van der Waals surface area contributed by atoms with Crippen molar-refractivity contribution in [1.29, 1.82) is 0 Å². The van der Waals surface area contributed by atoms with Crippen molar-refractivity contribution in [2.75, 3.05) is 18.4 Å². The zero-order chi connectivity index (χ0) is 22.6. The predicted molar refractivity (Wildman–Crippen MR) is 132 cm³/mol. The van der Waals surface area contributed by atoms with E-state index in [1.165, 1.54) is 22.0 Å². The summed E-state index contributed by atoms with van der Waals surface area (Å²) >= 11 is 0. The van der Waals surface area contributed by atoms with Crippen LogP contribution in [0.4, 0.5) is 5.82 Å². The van der Waals surface area contributed by atoms with E-state index in [1.54, 1.807) is 6.20 Å². The maximum atomic E-state index is 12.5. The number of fused-ring (bicyclic) bond motifs is 1. The van der Waals surface area contributed by atoms with Crippen molar-refractivity contribution >= 4 is 22.6 Å². The van der Waals surface area contributed by atoms with Crippen LogP contribution in [0, 0.1) is 0 Å². The molecule has 0 unspecified atom stereocenters. The molecule has 1 fully saturated rings. The Labute approximate surface area is 194 Å². The summed E-state index contributed by atoms with van der Waals surface area (Å²) in [7, 11) is 2.12. The number of hydrogen-bond donors (Lipinski definition) is 1. The summed E-state index contributed by atoms with van der Waals surface area (Å²) in [6, 6.07) is 21.0. The molecule has 1 N–H and O–H groups in total. The van der Waals surface area contributed by atoms with E-state index in [4.69, 9.17) is 0 Å². The van der Waals surface area contributed by atoms with Gasteiger partial charge in [0.2, 0.25) is 5.91 Å². The summed E-state index contributed by atoms with van der Waals surface area (Å²) in [4.78, 5) is 15.0. The lowest BCUT2D eigenvalue weighted by molar-refractivity contribution is -0.116. The molecule has 5 rings (SSSR count). The number of rotatable bonds is 7. The summed E-state index contributed by atoms with van der Waals surface area (Å²) in [5.41, 5.74) is 3.85. The smallest absolute Gasteiger partial charge is 0.225 e. The number of aromatic nitrogens is 3. The average Bonchev–Trinajstić information content (AvgIpc) is 3.43. The van der Waals surface area contributed by atoms with Crippen LogP contribution in [0.5, 0.6) is 0 Å². The second-order valence-electron chi connectivity index (χ2n) is 8.98. The molecule has 170 valence electrons. The van der Waals surface area contributed by atoms with Crippen molar-refractivity contribution in [2.24, 2.45) is 7.05 Å². The molecule has 0 bridgehead atoms. The number of nitrogens with zero attached hydrogens (tertiary/aromatic N) is 4. The number of para-hydroxylation sites is 1. The van der Waals surface area contributed by atoms with Crippen LogP contribution < -0.4 is 5.32 Å². The quantitative estimate of drug-likeness (QED) is 0.449. The average molecular weight is 442 g/mol. The monoisotopic (exact) mass is 441 g/mol. The number of carbonyl (C=O) groups excluding carboxylic acids is 1. The Bertz CT molecular complexity index is 1220. The van der Waals surface area contributed by atoms with Gasteiger partial charge in [0.1, 0.15) is 5.82 Å². The SMILES string of the molecule is Cn1cc(CN2CCC(n3nccc3NC(=O)CCc3ccccc3)CC2)c2ccccc21. The molecule has 4 aromatic rings. The lowest BCUT2D eigenvalue weighted by atomic mass is 10.0. The lowest BCUT2D eigenvalue weighted by Gasteiger charge is -2.32. The number of anilines is 1. The topological polar surface area (TPSA) is 55.1 Å². The molecule has 0 aliphatic carbocycles. The normalized spacial score (nSPS) is 15.2. The first kappa shape index (κ1) is 21.5. The van der Waals surface area contributed by atoms with Crippen LogP contribution in [-0.2, 0) is 24.8 Å². The summed E-state index contributed by atoms with van der Waals surface area (Å²) < 4.78 is 4.23. The second kappa shape index (κ2) is 9.63. The number of carbonyl (C=O) groups is 1. The van der Waals surface area contributed by atoms with Crippen LogP contribution >= 0.6 is 0 Å². The largest absolute Gasteiger partial charge is 0.350 e. The van der Waals surface area contributed by atoms with Gasteiger partial charge in [0.15, 0.2) is 0 Å². The predicted octanol–water partition coefficient (Wildman–Crippen LogP) is 4.78. The molecule has 2 aromatic heterocycles. The number of nitrogens with one attached hydrogen (secondary N) is 1. The molecule has 1 amide bonds. The van der Waals surface area contributed by atoms with Crippen LogP contribution in [0.2, 0.25) is 0 Å². The van der Waals surface area contributed by atoms with E-state index in [-0.39, 0.29) is 5.91 Å². The first-order valence-electron chi connectivity index (χ1n) is 11.8. The minimum atomic E-state index is 0.0361. The van der Waals surface area contributed by atoms with Gasteiger partial charge in [0.25, 0.3) is 0 Å². The summed E-state index contributed by atoms with van der Waals surface area (Å²) in [5, 5.41) is 8.96. The van der Waals surface area contributed by atoms with E-state index < -0.39 is 0 Å². The van der Waals surface area contributed by atoms with Gasteiger partial charge >= 0.3 is 0 Å². The van der Waals surface area contributed by atoms with Crippen LogP contribution in [0.3, 0.4) is 0 Å². The highest BCUT2D eigenvalue weighted by atomic mass is 16.1. The summed E-state index contributed by atoms with van der Waals surface area (Å²) in [6.45, 7) is 3.01. The number of benzene rings is 2. The fraction of sp³-hybridized carbons (Fsp3) is 0.333. The van der Waals surface area contributed by atoms with Crippen LogP contribution in [0.15, 0.2) is 73.1 Å². The fourth-order valence-electron chi connectivity index (χ4n) is 4.93. The zero-order valence-electron chi connectivity index (χ0n) is 19.2. The highest BCUT2D eigenvalue weighted by Crippen LogP contribution is 2.28. The van der Waals surface area contributed by atoms with Gasteiger partial charge in [-0.2, -0.15) is 5.10 Å². The van der Waals surface area contributed by atoms with Crippen LogP contribution in [0.1, 0.15) is 36.4 Å². The van der Waals surface area contributed by atoms with E-state index in [0.29, 0.717) is 12.5 Å². The summed E-state index contributed by atoms with van der Waals surface area (Å²) in [5.74, 6) is 0.842. The van der Waals surface area contributed by atoms with Crippen molar-refractivity contribution in [3.05, 3.63) is 84.2 Å². The van der Waals surface area contributed by atoms with Gasteiger partial charge < -0.3 is 9.88 Å². The third-order valence-electron chi connectivity index (χ3n) is 6.70. The Balaban J connectivity index is 1.16. The van der Waals surface area contributed by atoms with Crippen molar-refractivity contribution in [1.82, 2.24) is 19.2 Å². The molecular formula is C27H31N5O. The number of hydrogen-bond acceptors (Lipinski definition) is 3. The van der Waals surface area contributed by atoms with Gasteiger partial charge in [-0.15, -0.1) is 0 Å². The Kier molecular flexibility index (Phi) is 6.26. The molecule has 6 nitrogen and oxygen atoms in total. The number of aryl methyl sites for hydroxylation is 2. The molecule has 0 atom stereocenters. The molecule has 1 aliphatic heterocycles. The Morgan fingerprint density at radius 2 is 1.79 bits per heavy atom. The van der Waals surface area contributed by atoms with Gasteiger partial charge in [-0.25, -0.2) is 4.68 Å².